The highest BCUT2D eigenvalue weighted by molar-refractivity contribution is 7.15. The van der Waals surface area contributed by atoms with E-state index in [1.165, 1.54) is 0 Å². The van der Waals surface area contributed by atoms with Gasteiger partial charge in [-0.1, -0.05) is 0 Å². The first-order chi connectivity index (χ1) is 7.74. The van der Waals surface area contributed by atoms with Crippen molar-refractivity contribution in [3.63, 3.8) is 0 Å². The van der Waals surface area contributed by atoms with E-state index in [4.69, 9.17) is 10.5 Å². The summed E-state index contributed by atoms with van der Waals surface area (Å²) in [5.74, 6) is 0.860. The monoisotopic (exact) mass is 234 g/mol. The minimum atomic E-state index is 0.478. The Kier molecular flexibility index (Phi) is 3.22. The van der Waals surface area contributed by atoms with Gasteiger partial charge >= 0.3 is 0 Å². The van der Waals surface area contributed by atoms with Gasteiger partial charge in [0.15, 0.2) is 0 Å². The Hall–Kier alpha value is -1.39. The largest absolute Gasteiger partial charge is 0.497 e. The number of benzene rings is 1. The molecule has 0 aliphatic carbocycles. The van der Waals surface area contributed by atoms with Crippen LogP contribution in [0.4, 0.5) is 0 Å². The van der Waals surface area contributed by atoms with Gasteiger partial charge in [0.05, 0.1) is 22.7 Å². The van der Waals surface area contributed by atoms with Crippen LogP contribution in [0.1, 0.15) is 10.7 Å². The molecule has 0 amide bonds. The first kappa shape index (κ1) is 11.1. The molecule has 16 heavy (non-hydrogen) atoms. The molecule has 3 nitrogen and oxygen atoms in total. The van der Waals surface area contributed by atoms with Crippen LogP contribution >= 0.6 is 11.3 Å². The molecule has 0 atom stereocenters. The van der Waals surface area contributed by atoms with Crippen LogP contribution in [0.25, 0.3) is 10.4 Å². The molecule has 0 spiro atoms. The normalized spacial score (nSPS) is 10.4. The number of thiazole rings is 1. The van der Waals surface area contributed by atoms with Crippen LogP contribution < -0.4 is 10.5 Å². The molecule has 0 aliphatic rings. The number of hydrogen-bond donors (Lipinski definition) is 1. The predicted octanol–water partition coefficient (Wildman–Crippen LogP) is 2.59. The molecule has 0 bridgehead atoms. The molecule has 84 valence electrons. The molecule has 1 heterocycles. The number of rotatable bonds is 3. The van der Waals surface area contributed by atoms with Crippen molar-refractivity contribution in [2.75, 3.05) is 7.11 Å². The van der Waals surface area contributed by atoms with E-state index in [-0.39, 0.29) is 0 Å². The Balaban J connectivity index is 2.41. The minimum Gasteiger partial charge on any atom is -0.497 e. The lowest BCUT2D eigenvalue weighted by atomic mass is 10.1. The number of aryl methyl sites for hydroxylation is 1. The molecule has 0 saturated heterocycles. The predicted molar refractivity (Wildman–Crippen MR) is 66.7 cm³/mol. The third-order valence-corrected chi connectivity index (χ3v) is 3.41. The van der Waals surface area contributed by atoms with Gasteiger partial charge in [0.25, 0.3) is 0 Å². The molecule has 0 fully saturated rings. The maximum Gasteiger partial charge on any atom is 0.118 e. The summed E-state index contributed by atoms with van der Waals surface area (Å²) in [5, 5.41) is 1.05. The second kappa shape index (κ2) is 4.63. The Morgan fingerprint density at radius 1 is 1.31 bits per heavy atom. The van der Waals surface area contributed by atoms with Crippen molar-refractivity contribution in [3.8, 4) is 16.2 Å². The van der Waals surface area contributed by atoms with Crippen molar-refractivity contribution in [2.24, 2.45) is 5.73 Å². The average molecular weight is 234 g/mol. The third kappa shape index (κ3) is 2.08. The molecular weight excluding hydrogens is 220 g/mol. The maximum atomic E-state index is 5.68. The molecule has 0 saturated carbocycles. The van der Waals surface area contributed by atoms with Gasteiger partial charge < -0.3 is 10.5 Å². The summed E-state index contributed by atoms with van der Waals surface area (Å²) >= 11 is 1.67. The minimum absolute atomic E-state index is 0.478. The van der Waals surface area contributed by atoms with Crippen LogP contribution in [-0.4, -0.2) is 12.1 Å². The van der Waals surface area contributed by atoms with E-state index >= 15 is 0 Å². The van der Waals surface area contributed by atoms with Crippen molar-refractivity contribution in [2.45, 2.75) is 13.5 Å². The van der Waals surface area contributed by atoms with Gasteiger partial charge in [0.2, 0.25) is 0 Å². The lowest BCUT2D eigenvalue weighted by Crippen LogP contribution is -1.98. The molecule has 0 aliphatic heterocycles. The van der Waals surface area contributed by atoms with E-state index < -0.39 is 0 Å². The van der Waals surface area contributed by atoms with Gasteiger partial charge in [-0.05, 0) is 36.8 Å². The molecule has 4 heteroatoms. The van der Waals surface area contributed by atoms with Crippen LogP contribution in [0.2, 0.25) is 0 Å². The van der Waals surface area contributed by atoms with Gasteiger partial charge in [0.1, 0.15) is 5.75 Å². The highest BCUT2D eigenvalue weighted by Crippen LogP contribution is 2.30. The van der Waals surface area contributed by atoms with Crippen molar-refractivity contribution in [1.82, 2.24) is 4.98 Å². The second-order valence-corrected chi connectivity index (χ2v) is 4.64. The van der Waals surface area contributed by atoms with Crippen LogP contribution in [0.3, 0.4) is 0 Å². The van der Waals surface area contributed by atoms with Crippen LogP contribution in [0.15, 0.2) is 24.3 Å². The van der Waals surface area contributed by atoms with Crippen LogP contribution in [0.5, 0.6) is 5.75 Å². The zero-order chi connectivity index (χ0) is 11.5. The SMILES string of the molecule is COc1ccc(-c2sc(C)nc2CN)cc1. The summed E-state index contributed by atoms with van der Waals surface area (Å²) < 4.78 is 5.13. The summed E-state index contributed by atoms with van der Waals surface area (Å²) in [6, 6.07) is 7.96. The fourth-order valence-corrected chi connectivity index (χ4v) is 2.53. The Morgan fingerprint density at radius 2 is 2.00 bits per heavy atom. The highest BCUT2D eigenvalue weighted by atomic mass is 32.1. The van der Waals surface area contributed by atoms with Gasteiger partial charge in [-0.3, -0.25) is 0 Å². The van der Waals surface area contributed by atoms with Crippen LogP contribution in [-0.2, 0) is 6.54 Å². The third-order valence-electron chi connectivity index (χ3n) is 2.35. The second-order valence-electron chi connectivity index (χ2n) is 3.44. The number of nitrogens with two attached hydrogens (primary N) is 1. The zero-order valence-electron chi connectivity index (χ0n) is 9.36. The van der Waals surface area contributed by atoms with E-state index in [1.807, 2.05) is 31.2 Å². The smallest absolute Gasteiger partial charge is 0.118 e. The summed E-state index contributed by atoms with van der Waals surface area (Å²) in [7, 11) is 1.66. The quantitative estimate of drug-likeness (QED) is 0.888. The standard InChI is InChI=1S/C12H14N2OS/c1-8-14-11(7-13)12(16-8)9-3-5-10(15-2)6-4-9/h3-6H,7,13H2,1-2H3. The molecule has 2 aromatic rings. The van der Waals surface area contributed by atoms with Gasteiger partial charge in [-0.15, -0.1) is 11.3 Å². The Labute approximate surface area is 98.9 Å². The number of hydrogen-bond acceptors (Lipinski definition) is 4. The van der Waals surface area contributed by atoms with E-state index in [0.717, 1.165) is 26.9 Å². The summed E-state index contributed by atoms with van der Waals surface area (Å²) in [6.45, 7) is 2.47. The fourth-order valence-electron chi connectivity index (χ4n) is 1.58. The van der Waals surface area contributed by atoms with Crippen molar-refractivity contribution < 1.29 is 4.74 Å². The lowest BCUT2D eigenvalue weighted by molar-refractivity contribution is 0.415. The van der Waals surface area contributed by atoms with E-state index in [9.17, 15) is 0 Å². The summed E-state index contributed by atoms with van der Waals surface area (Å²) in [5.41, 5.74) is 7.79. The molecule has 0 unspecified atom stereocenters. The zero-order valence-corrected chi connectivity index (χ0v) is 10.2. The first-order valence-corrected chi connectivity index (χ1v) is 5.87. The molecule has 2 rings (SSSR count). The van der Waals surface area contributed by atoms with E-state index in [2.05, 4.69) is 4.98 Å². The van der Waals surface area contributed by atoms with Gasteiger partial charge in [0, 0.05) is 6.54 Å². The molecule has 1 aromatic carbocycles. The summed E-state index contributed by atoms with van der Waals surface area (Å²) in [4.78, 5) is 5.57. The van der Waals surface area contributed by atoms with Gasteiger partial charge in [-0.25, -0.2) is 4.98 Å². The Morgan fingerprint density at radius 3 is 2.56 bits per heavy atom. The van der Waals surface area contributed by atoms with Crippen molar-refractivity contribution in [1.29, 1.82) is 0 Å². The maximum absolute atomic E-state index is 5.68. The molecule has 2 N–H and O–H groups in total. The molecule has 1 aromatic heterocycles. The van der Waals surface area contributed by atoms with Crippen molar-refractivity contribution in [3.05, 3.63) is 35.0 Å². The highest BCUT2D eigenvalue weighted by Gasteiger charge is 2.09. The van der Waals surface area contributed by atoms with Crippen molar-refractivity contribution >= 4 is 11.3 Å². The van der Waals surface area contributed by atoms with Gasteiger partial charge in [-0.2, -0.15) is 0 Å². The number of methoxy groups -OCH3 is 1. The van der Waals surface area contributed by atoms with E-state index in [1.54, 1.807) is 18.4 Å². The molecular formula is C12H14N2OS. The van der Waals surface area contributed by atoms with E-state index in [0.29, 0.717) is 6.54 Å². The molecule has 0 radical (unpaired) electrons. The summed E-state index contributed by atoms with van der Waals surface area (Å²) in [6.07, 6.45) is 0. The average Bonchev–Trinajstić information content (AvgIpc) is 2.70. The number of ether oxygens (including phenoxy) is 1. The lowest BCUT2D eigenvalue weighted by Gasteiger charge is -2.02. The first-order valence-electron chi connectivity index (χ1n) is 5.05. The van der Waals surface area contributed by atoms with Crippen LogP contribution in [0, 0.1) is 6.92 Å². The number of nitrogens with zero attached hydrogens (tertiary/aromatic N) is 1. The topological polar surface area (TPSA) is 48.1 Å². The fraction of sp³-hybridized carbons (Fsp3) is 0.250. The number of aromatic nitrogens is 1. The Bertz CT molecular complexity index is 476.